The predicted molar refractivity (Wildman–Crippen MR) is 120 cm³/mol. The van der Waals surface area contributed by atoms with Crippen molar-refractivity contribution in [2.45, 2.75) is 39.3 Å². The molecule has 1 aliphatic heterocycles. The van der Waals surface area contributed by atoms with Crippen molar-refractivity contribution in [1.82, 2.24) is 14.9 Å². The smallest absolute Gasteiger partial charge is 0.214 e. The highest BCUT2D eigenvalue weighted by Crippen LogP contribution is 2.22. The average molecular weight is 510 g/mol. The van der Waals surface area contributed by atoms with Gasteiger partial charge in [-0.1, -0.05) is 18.2 Å². The van der Waals surface area contributed by atoms with Crippen molar-refractivity contribution in [2.24, 2.45) is 4.99 Å². The summed E-state index contributed by atoms with van der Waals surface area (Å²) in [6.45, 7) is 8.19. The van der Waals surface area contributed by atoms with Gasteiger partial charge in [0, 0.05) is 38.8 Å². The summed E-state index contributed by atoms with van der Waals surface area (Å²) in [4.78, 5) is 4.19. The highest BCUT2D eigenvalue weighted by molar-refractivity contribution is 14.0. The van der Waals surface area contributed by atoms with Gasteiger partial charge in [-0.3, -0.25) is 4.99 Å². The maximum absolute atomic E-state index is 11.8. The third kappa shape index (κ3) is 7.82. The highest BCUT2D eigenvalue weighted by atomic mass is 127. The molecule has 0 amide bonds. The second-order valence-electron chi connectivity index (χ2n) is 7.24. The number of halogens is 1. The number of guanidine groups is 1. The van der Waals surface area contributed by atoms with E-state index in [4.69, 9.17) is 4.74 Å². The molecule has 7 nitrogen and oxygen atoms in total. The molecule has 154 valence electrons. The molecule has 0 aromatic heterocycles. The molecule has 0 unspecified atom stereocenters. The van der Waals surface area contributed by atoms with E-state index in [0.29, 0.717) is 38.6 Å². The lowest BCUT2D eigenvalue weighted by Crippen LogP contribution is -2.41. The zero-order valence-corrected chi connectivity index (χ0v) is 19.6. The molecular weight excluding hydrogens is 479 g/mol. The topological polar surface area (TPSA) is 83.0 Å². The summed E-state index contributed by atoms with van der Waals surface area (Å²) in [7, 11) is -1.36. The zero-order chi connectivity index (χ0) is 19.2. The largest absolute Gasteiger partial charge is 0.488 e. The van der Waals surface area contributed by atoms with Gasteiger partial charge < -0.3 is 15.4 Å². The Hall–Kier alpha value is -1.07. The molecule has 1 aromatic rings. The van der Waals surface area contributed by atoms with Crippen LogP contribution in [0.2, 0.25) is 0 Å². The fourth-order valence-electron chi connectivity index (χ4n) is 2.72. The summed E-state index contributed by atoms with van der Waals surface area (Å²) < 4.78 is 31.1. The Balaban J connectivity index is 0.00000364. The number of rotatable bonds is 6. The van der Waals surface area contributed by atoms with E-state index >= 15 is 0 Å². The van der Waals surface area contributed by atoms with Crippen molar-refractivity contribution in [2.75, 3.05) is 32.4 Å². The van der Waals surface area contributed by atoms with E-state index < -0.39 is 10.0 Å². The van der Waals surface area contributed by atoms with Crippen LogP contribution in [0.25, 0.3) is 0 Å². The van der Waals surface area contributed by atoms with Crippen LogP contribution < -0.4 is 15.4 Å². The number of benzene rings is 1. The first kappa shape index (κ1) is 24.0. The molecular formula is C18H31IN4O3S. The van der Waals surface area contributed by atoms with Gasteiger partial charge in [-0.2, -0.15) is 0 Å². The van der Waals surface area contributed by atoms with Gasteiger partial charge in [0.05, 0.1) is 5.75 Å². The summed E-state index contributed by atoms with van der Waals surface area (Å²) in [5, 5.41) is 6.41. The Morgan fingerprint density at radius 1 is 1.26 bits per heavy atom. The minimum Gasteiger partial charge on any atom is -0.488 e. The minimum absolute atomic E-state index is 0. The number of aliphatic imine (C=N–C) groups is 1. The molecule has 1 aliphatic rings. The Bertz CT molecular complexity index is 732. The van der Waals surface area contributed by atoms with Crippen molar-refractivity contribution in [3.63, 3.8) is 0 Å². The van der Waals surface area contributed by atoms with E-state index in [1.807, 2.05) is 45.0 Å². The van der Waals surface area contributed by atoms with Crippen LogP contribution in [0.4, 0.5) is 0 Å². The van der Waals surface area contributed by atoms with Crippen molar-refractivity contribution >= 4 is 40.0 Å². The molecule has 0 spiro atoms. The maximum Gasteiger partial charge on any atom is 0.214 e. The first-order valence-electron chi connectivity index (χ1n) is 8.90. The van der Waals surface area contributed by atoms with Gasteiger partial charge in [-0.05, 0) is 33.3 Å². The molecule has 2 rings (SSSR count). The molecule has 2 N–H and O–H groups in total. The van der Waals surface area contributed by atoms with Gasteiger partial charge in [0.15, 0.2) is 5.96 Å². The number of sulfonamides is 1. The SMILES string of the molecule is CN=C(NCCN1CCCS1(=O)=O)NCc1ccccc1OC(C)(C)C.I. The van der Waals surface area contributed by atoms with Crippen LogP contribution in [-0.2, 0) is 16.6 Å². The number of hydrogen-bond acceptors (Lipinski definition) is 4. The summed E-state index contributed by atoms with van der Waals surface area (Å²) in [5.41, 5.74) is 0.768. The molecule has 0 atom stereocenters. The Labute approximate surface area is 180 Å². The minimum atomic E-state index is -3.05. The summed E-state index contributed by atoms with van der Waals surface area (Å²) in [6.07, 6.45) is 0.708. The van der Waals surface area contributed by atoms with Gasteiger partial charge in [-0.25, -0.2) is 12.7 Å². The normalized spacial score (nSPS) is 17.3. The first-order valence-corrected chi connectivity index (χ1v) is 10.5. The second-order valence-corrected chi connectivity index (χ2v) is 9.33. The van der Waals surface area contributed by atoms with E-state index in [2.05, 4.69) is 15.6 Å². The van der Waals surface area contributed by atoms with Gasteiger partial charge in [0.25, 0.3) is 0 Å². The predicted octanol–water partition coefficient (Wildman–Crippen LogP) is 2.18. The van der Waals surface area contributed by atoms with E-state index in [0.717, 1.165) is 11.3 Å². The first-order chi connectivity index (χ1) is 12.2. The fourth-order valence-corrected chi connectivity index (χ4v) is 4.25. The van der Waals surface area contributed by atoms with Gasteiger partial charge in [0.2, 0.25) is 10.0 Å². The Kier molecular flexibility index (Phi) is 9.29. The number of para-hydroxylation sites is 1. The van der Waals surface area contributed by atoms with Crippen LogP contribution >= 0.6 is 24.0 Å². The molecule has 1 aromatic carbocycles. The Morgan fingerprint density at radius 2 is 1.96 bits per heavy atom. The molecule has 1 saturated heterocycles. The van der Waals surface area contributed by atoms with Crippen LogP contribution in [-0.4, -0.2) is 56.7 Å². The number of hydrogen-bond donors (Lipinski definition) is 2. The van der Waals surface area contributed by atoms with Gasteiger partial charge >= 0.3 is 0 Å². The Morgan fingerprint density at radius 3 is 2.56 bits per heavy atom. The van der Waals surface area contributed by atoms with Gasteiger partial charge in [0.1, 0.15) is 11.4 Å². The van der Waals surface area contributed by atoms with Crippen LogP contribution in [0, 0.1) is 0 Å². The summed E-state index contributed by atoms with van der Waals surface area (Å²) in [6, 6.07) is 7.89. The molecule has 0 saturated carbocycles. The van der Waals surface area contributed by atoms with Crippen molar-refractivity contribution < 1.29 is 13.2 Å². The molecule has 1 fully saturated rings. The molecule has 1 heterocycles. The van der Waals surface area contributed by atoms with Crippen molar-refractivity contribution in [3.8, 4) is 5.75 Å². The van der Waals surface area contributed by atoms with Crippen LogP contribution in [0.5, 0.6) is 5.75 Å². The molecule has 0 aliphatic carbocycles. The average Bonchev–Trinajstić information content (AvgIpc) is 2.89. The quantitative estimate of drug-likeness (QED) is 0.349. The summed E-state index contributed by atoms with van der Waals surface area (Å²) in [5.74, 6) is 1.73. The number of nitrogens with one attached hydrogen (secondary N) is 2. The lowest BCUT2D eigenvalue weighted by molar-refractivity contribution is 0.129. The van der Waals surface area contributed by atoms with Crippen LogP contribution in [0.15, 0.2) is 29.3 Å². The van der Waals surface area contributed by atoms with Crippen LogP contribution in [0.1, 0.15) is 32.8 Å². The zero-order valence-electron chi connectivity index (χ0n) is 16.5. The fraction of sp³-hybridized carbons (Fsp3) is 0.611. The standard InChI is InChI=1S/C18H30N4O3S.HI/c1-18(2,3)25-16-9-6-5-8-15(16)14-21-17(19-4)20-10-12-22-11-7-13-26(22,23)24;/h5-6,8-9H,7,10-14H2,1-4H3,(H2,19,20,21);1H. The molecule has 0 bridgehead atoms. The highest BCUT2D eigenvalue weighted by Gasteiger charge is 2.27. The maximum atomic E-state index is 11.8. The lowest BCUT2D eigenvalue weighted by Gasteiger charge is -2.23. The third-order valence-electron chi connectivity index (χ3n) is 3.92. The molecule has 9 heteroatoms. The van der Waals surface area contributed by atoms with Crippen LogP contribution in [0.3, 0.4) is 0 Å². The van der Waals surface area contributed by atoms with E-state index in [1.54, 1.807) is 7.05 Å². The molecule has 0 radical (unpaired) electrons. The number of ether oxygens (including phenoxy) is 1. The number of nitrogens with zero attached hydrogens (tertiary/aromatic N) is 2. The van der Waals surface area contributed by atoms with E-state index in [9.17, 15) is 8.42 Å². The molecule has 27 heavy (non-hydrogen) atoms. The van der Waals surface area contributed by atoms with Crippen molar-refractivity contribution in [3.05, 3.63) is 29.8 Å². The lowest BCUT2D eigenvalue weighted by atomic mass is 10.1. The van der Waals surface area contributed by atoms with Gasteiger partial charge in [-0.15, -0.1) is 24.0 Å². The summed E-state index contributed by atoms with van der Waals surface area (Å²) >= 11 is 0. The monoisotopic (exact) mass is 510 g/mol. The van der Waals surface area contributed by atoms with Crippen molar-refractivity contribution in [1.29, 1.82) is 0 Å². The third-order valence-corrected chi connectivity index (χ3v) is 5.87. The van der Waals surface area contributed by atoms with E-state index in [1.165, 1.54) is 4.31 Å². The van der Waals surface area contributed by atoms with E-state index in [-0.39, 0.29) is 35.3 Å². The second kappa shape index (κ2) is 10.5.